The monoisotopic (exact) mass is 571 g/mol. The van der Waals surface area contributed by atoms with Gasteiger partial charge in [-0.3, -0.25) is 23.7 Å². The molecule has 40 heavy (non-hydrogen) atoms. The first-order valence-corrected chi connectivity index (χ1v) is 14.4. The third kappa shape index (κ3) is 4.52. The number of aromatic nitrogens is 1. The van der Waals surface area contributed by atoms with Gasteiger partial charge in [-0.15, -0.1) is 0 Å². The Kier molecular flexibility index (Phi) is 6.81. The first kappa shape index (κ1) is 26.1. The number of thiazole rings is 1. The zero-order valence-electron chi connectivity index (χ0n) is 21.7. The summed E-state index contributed by atoms with van der Waals surface area (Å²) in [6, 6.07) is 23.7. The number of carbonyl (C=O) groups is 3. The van der Waals surface area contributed by atoms with Crippen LogP contribution in [0.15, 0.2) is 88.7 Å². The van der Waals surface area contributed by atoms with E-state index in [1.54, 1.807) is 43.5 Å². The number of nitrogens with one attached hydrogen (secondary N) is 1. The number of thioether (sulfide) groups is 1. The van der Waals surface area contributed by atoms with Crippen molar-refractivity contribution in [2.45, 2.75) is 29.7 Å². The fourth-order valence-corrected chi connectivity index (χ4v) is 8.01. The number of hydrogen-bond acceptors (Lipinski definition) is 7. The molecule has 0 saturated carbocycles. The largest absolute Gasteiger partial charge is 0.497 e. The van der Waals surface area contributed by atoms with Gasteiger partial charge in [0.2, 0.25) is 17.7 Å². The minimum absolute atomic E-state index is 0.200. The van der Waals surface area contributed by atoms with Gasteiger partial charge >= 0.3 is 4.87 Å². The van der Waals surface area contributed by atoms with E-state index < -0.39 is 17.1 Å². The molecule has 1 aromatic heterocycles. The molecule has 202 valence electrons. The Bertz CT molecular complexity index is 1660. The molecule has 2 aliphatic rings. The van der Waals surface area contributed by atoms with Crippen molar-refractivity contribution in [3.63, 3.8) is 0 Å². The first-order valence-electron chi connectivity index (χ1n) is 12.7. The Labute approximate surface area is 238 Å². The standard InChI is InChI=1S/C30H25N3O5S2/c1-17-8-10-19(11-9-17)31-22(34)16-32-29-26(40-30(32)37)23(18-6-4-3-5-7-18)24-25(39-29)28(36)33(27(24)35)20-12-14-21(38-2)15-13-20/h3-15,23-25H,16H2,1-2H3,(H,31,34)/t23-,24-,25+/m0/s1. The summed E-state index contributed by atoms with van der Waals surface area (Å²) in [6.07, 6.45) is 0. The highest BCUT2D eigenvalue weighted by molar-refractivity contribution is 8.00. The molecule has 2 aliphatic heterocycles. The lowest BCUT2D eigenvalue weighted by atomic mass is 9.83. The van der Waals surface area contributed by atoms with Crippen molar-refractivity contribution < 1.29 is 19.1 Å². The Morgan fingerprint density at radius 2 is 1.62 bits per heavy atom. The van der Waals surface area contributed by atoms with Crippen LogP contribution in [-0.4, -0.2) is 34.6 Å². The molecule has 4 aromatic rings. The highest BCUT2D eigenvalue weighted by Crippen LogP contribution is 2.53. The zero-order valence-corrected chi connectivity index (χ0v) is 23.3. The van der Waals surface area contributed by atoms with Gasteiger partial charge in [-0.1, -0.05) is 71.1 Å². The molecule has 0 spiro atoms. The van der Waals surface area contributed by atoms with Gasteiger partial charge in [0.25, 0.3) is 0 Å². The molecule has 0 aliphatic carbocycles. The van der Waals surface area contributed by atoms with Gasteiger partial charge in [0.15, 0.2) is 0 Å². The number of imide groups is 1. The molecule has 3 atom stereocenters. The van der Waals surface area contributed by atoms with E-state index in [9.17, 15) is 19.2 Å². The van der Waals surface area contributed by atoms with E-state index in [4.69, 9.17) is 4.74 Å². The SMILES string of the molecule is COc1ccc(N2C(=O)[C@H]3[C@H](c4ccccc4)c4sc(=O)n(CC(=O)Nc5ccc(C)cc5)c4S[C@H]3C2=O)cc1. The number of anilines is 2. The smallest absolute Gasteiger partial charge is 0.308 e. The number of rotatable bonds is 6. The Hall–Kier alpha value is -4.15. The van der Waals surface area contributed by atoms with Crippen LogP contribution in [0.1, 0.15) is 21.9 Å². The third-order valence-electron chi connectivity index (χ3n) is 7.18. The molecular formula is C30H25N3O5S2. The molecule has 3 amide bonds. The molecule has 0 unspecified atom stereocenters. The predicted octanol–water partition coefficient (Wildman–Crippen LogP) is 4.66. The zero-order chi connectivity index (χ0) is 28.0. The van der Waals surface area contributed by atoms with Crippen LogP contribution in [0.3, 0.4) is 0 Å². The van der Waals surface area contributed by atoms with Gasteiger partial charge in [0.1, 0.15) is 17.5 Å². The van der Waals surface area contributed by atoms with Crippen LogP contribution in [0.25, 0.3) is 0 Å². The summed E-state index contributed by atoms with van der Waals surface area (Å²) in [6.45, 7) is 1.76. The Morgan fingerprint density at radius 3 is 2.30 bits per heavy atom. The normalized spacial score (nSPS) is 19.8. The van der Waals surface area contributed by atoms with Crippen molar-refractivity contribution in [3.8, 4) is 5.75 Å². The van der Waals surface area contributed by atoms with E-state index in [2.05, 4.69) is 5.32 Å². The summed E-state index contributed by atoms with van der Waals surface area (Å²) < 4.78 is 6.65. The maximum absolute atomic E-state index is 13.9. The Balaban J connectivity index is 1.38. The van der Waals surface area contributed by atoms with Crippen LogP contribution < -0.4 is 19.8 Å². The molecule has 0 bridgehead atoms. The molecule has 0 radical (unpaired) electrons. The number of nitrogens with zero attached hydrogens (tertiary/aromatic N) is 2. The van der Waals surface area contributed by atoms with Crippen molar-refractivity contribution in [1.29, 1.82) is 0 Å². The second-order valence-corrected chi connectivity index (χ2v) is 11.8. The van der Waals surface area contributed by atoms with Gasteiger partial charge in [-0.2, -0.15) is 0 Å². The van der Waals surface area contributed by atoms with Crippen LogP contribution >= 0.6 is 23.1 Å². The highest BCUT2D eigenvalue weighted by atomic mass is 32.2. The van der Waals surface area contributed by atoms with Gasteiger partial charge in [0.05, 0.1) is 23.7 Å². The van der Waals surface area contributed by atoms with E-state index in [1.807, 2.05) is 49.4 Å². The van der Waals surface area contributed by atoms with E-state index in [-0.39, 0.29) is 29.1 Å². The van der Waals surface area contributed by atoms with E-state index in [0.29, 0.717) is 27.0 Å². The summed E-state index contributed by atoms with van der Waals surface area (Å²) >= 11 is 2.23. The van der Waals surface area contributed by atoms with Gasteiger partial charge < -0.3 is 10.1 Å². The molecule has 1 saturated heterocycles. The fourth-order valence-electron chi connectivity index (χ4n) is 5.24. The molecule has 3 heterocycles. The van der Waals surface area contributed by atoms with Gasteiger partial charge in [-0.25, -0.2) is 4.90 Å². The lowest BCUT2D eigenvalue weighted by Gasteiger charge is -2.30. The predicted molar refractivity (Wildman–Crippen MR) is 155 cm³/mol. The average Bonchev–Trinajstić information content (AvgIpc) is 3.41. The molecule has 1 fully saturated rings. The maximum atomic E-state index is 13.9. The van der Waals surface area contributed by atoms with Crippen molar-refractivity contribution in [3.05, 3.63) is 105 Å². The number of fused-ring (bicyclic) bond motifs is 2. The van der Waals surface area contributed by atoms with Gasteiger partial charge in [0, 0.05) is 16.5 Å². The van der Waals surface area contributed by atoms with Crippen molar-refractivity contribution in [1.82, 2.24) is 4.57 Å². The van der Waals surface area contributed by atoms with Crippen molar-refractivity contribution >= 4 is 52.2 Å². The van der Waals surface area contributed by atoms with E-state index in [0.717, 1.165) is 22.5 Å². The first-order chi connectivity index (χ1) is 19.4. The summed E-state index contributed by atoms with van der Waals surface area (Å²) in [5.41, 5.74) is 3.01. The van der Waals surface area contributed by atoms with Crippen molar-refractivity contribution in [2.24, 2.45) is 5.92 Å². The lowest BCUT2D eigenvalue weighted by Crippen LogP contribution is -2.33. The number of aryl methyl sites for hydroxylation is 1. The quantitative estimate of drug-likeness (QED) is 0.338. The van der Waals surface area contributed by atoms with Crippen LogP contribution in [0, 0.1) is 12.8 Å². The second-order valence-electron chi connectivity index (χ2n) is 9.70. The molecule has 10 heteroatoms. The average molecular weight is 572 g/mol. The van der Waals surface area contributed by atoms with Crippen LogP contribution in [-0.2, 0) is 20.9 Å². The molecule has 8 nitrogen and oxygen atoms in total. The van der Waals surface area contributed by atoms with Crippen LogP contribution in [0.2, 0.25) is 0 Å². The fraction of sp³-hybridized carbons (Fsp3) is 0.200. The van der Waals surface area contributed by atoms with E-state index >= 15 is 0 Å². The number of hydrogen-bond donors (Lipinski definition) is 1. The minimum atomic E-state index is -0.743. The number of methoxy groups -OCH3 is 1. The number of ether oxygens (including phenoxy) is 1. The number of amides is 3. The number of benzene rings is 3. The topological polar surface area (TPSA) is 97.7 Å². The Morgan fingerprint density at radius 1 is 0.925 bits per heavy atom. The van der Waals surface area contributed by atoms with Crippen LogP contribution in [0.4, 0.5) is 11.4 Å². The summed E-state index contributed by atoms with van der Waals surface area (Å²) in [5.74, 6) is -1.57. The second kappa shape index (κ2) is 10.4. The van der Waals surface area contributed by atoms with E-state index in [1.165, 1.54) is 21.2 Å². The third-order valence-corrected chi connectivity index (χ3v) is 9.78. The molecule has 1 N–H and O–H groups in total. The summed E-state index contributed by atoms with van der Waals surface area (Å²) in [4.78, 5) is 55.5. The summed E-state index contributed by atoms with van der Waals surface area (Å²) in [7, 11) is 1.55. The molecule has 6 rings (SSSR count). The van der Waals surface area contributed by atoms with Gasteiger partial charge in [-0.05, 0) is 48.9 Å². The summed E-state index contributed by atoms with van der Waals surface area (Å²) in [5, 5.41) is 2.66. The molecule has 3 aromatic carbocycles. The number of carbonyl (C=O) groups excluding carboxylic acids is 3. The minimum Gasteiger partial charge on any atom is -0.497 e. The van der Waals surface area contributed by atoms with Crippen molar-refractivity contribution in [2.75, 3.05) is 17.3 Å². The highest BCUT2D eigenvalue weighted by Gasteiger charge is 2.56. The molecular weight excluding hydrogens is 546 g/mol. The maximum Gasteiger partial charge on any atom is 0.308 e. The van der Waals surface area contributed by atoms with Crippen LogP contribution in [0.5, 0.6) is 5.75 Å². The lowest BCUT2D eigenvalue weighted by molar-refractivity contribution is -0.122.